The van der Waals surface area contributed by atoms with E-state index in [1.807, 2.05) is 12.1 Å². The normalized spacial score (nSPS) is 10.8. The second-order valence-corrected chi connectivity index (χ2v) is 5.77. The molecule has 18 heavy (non-hydrogen) atoms. The van der Waals surface area contributed by atoms with Crippen LogP contribution in [0, 0.1) is 0 Å². The fourth-order valence-corrected chi connectivity index (χ4v) is 2.81. The van der Waals surface area contributed by atoms with Gasteiger partial charge in [-0.25, -0.2) is 0 Å². The standard InChI is InChI=1S/C12H13Cl2N3S/c1-2-3-15-7-11-16-17-12(18-11)8-4-9(13)6-10(14)5-8/h4-6,15H,2-3,7H2,1H3. The van der Waals surface area contributed by atoms with Crippen LogP contribution in [0.15, 0.2) is 18.2 Å². The van der Waals surface area contributed by atoms with Gasteiger partial charge in [0.05, 0.1) is 0 Å². The molecule has 0 spiro atoms. The van der Waals surface area contributed by atoms with Crippen LogP contribution in [0.3, 0.4) is 0 Å². The molecule has 0 aliphatic rings. The van der Waals surface area contributed by atoms with Gasteiger partial charge in [0.25, 0.3) is 0 Å². The van der Waals surface area contributed by atoms with E-state index in [4.69, 9.17) is 23.2 Å². The molecule has 96 valence electrons. The highest BCUT2D eigenvalue weighted by Gasteiger charge is 2.08. The molecule has 0 amide bonds. The lowest BCUT2D eigenvalue weighted by Crippen LogP contribution is -2.13. The van der Waals surface area contributed by atoms with Gasteiger partial charge in [-0.2, -0.15) is 0 Å². The van der Waals surface area contributed by atoms with Gasteiger partial charge in [0.1, 0.15) is 10.0 Å². The highest BCUT2D eigenvalue weighted by atomic mass is 35.5. The third-order valence-corrected chi connectivity index (χ3v) is 3.69. The van der Waals surface area contributed by atoms with E-state index in [1.165, 1.54) is 0 Å². The Morgan fingerprint density at radius 1 is 1.17 bits per heavy atom. The van der Waals surface area contributed by atoms with E-state index >= 15 is 0 Å². The predicted octanol–water partition coefficient (Wildman–Crippen LogP) is 4.01. The van der Waals surface area contributed by atoms with Crippen LogP contribution in [0.25, 0.3) is 10.6 Å². The SMILES string of the molecule is CCCNCc1nnc(-c2cc(Cl)cc(Cl)c2)s1. The van der Waals surface area contributed by atoms with Crippen molar-refractivity contribution in [3.63, 3.8) is 0 Å². The van der Waals surface area contributed by atoms with E-state index in [0.717, 1.165) is 35.1 Å². The summed E-state index contributed by atoms with van der Waals surface area (Å²) in [4.78, 5) is 0. The predicted molar refractivity (Wildman–Crippen MR) is 77.4 cm³/mol. The molecule has 6 heteroatoms. The molecule has 0 aliphatic carbocycles. The van der Waals surface area contributed by atoms with Crippen molar-refractivity contribution in [2.45, 2.75) is 19.9 Å². The number of nitrogens with one attached hydrogen (secondary N) is 1. The molecular formula is C12H13Cl2N3S. The van der Waals surface area contributed by atoms with Crippen LogP contribution in [0.4, 0.5) is 0 Å². The Balaban J connectivity index is 2.13. The molecule has 0 fully saturated rings. The summed E-state index contributed by atoms with van der Waals surface area (Å²) in [5.41, 5.74) is 0.909. The maximum absolute atomic E-state index is 5.97. The van der Waals surface area contributed by atoms with Gasteiger partial charge in [-0.15, -0.1) is 10.2 Å². The number of benzene rings is 1. The Bertz CT molecular complexity index is 508. The molecule has 0 bridgehead atoms. The first-order valence-electron chi connectivity index (χ1n) is 5.68. The van der Waals surface area contributed by atoms with Crippen molar-refractivity contribution < 1.29 is 0 Å². The number of hydrogen-bond acceptors (Lipinski definition) is 4. The smallest absolute Gasteiger partial charge is 0.147 e. The summed E-state index contributed by atoms with van der Waals surface area (Å²) in [7, 11) is 0. The Kier molecular flexibility index (Phi) is 4.95. The summed E-state index contributed by atoms with van der Waals surface area (Å²) in [6, 6.07) is 5.39. The lowest BCUT2D eigenvalue weighted by Gasteiger charge is -1.98. The quantitative estimate of drug-likeness (QED) is 0.848. The van der Waals surface area contributed by atoms with Crippen molar-refractivity contribution in [3.05, 3.63) is 33.3 Å². The van der Waals surface area contributed by atoms with E-state index in [2.05, 4.69) is 22.4 Å². The average molecular weight is 302 g/mol. The zero-order valence-corrected chi connectivity index (χ0v) is 12.2. The van der Waals surface area contributed by atoms with E-state index in [0.29, 0.717) is 10.0 Å². The minimum absolute atomic E-state index is 0.610. The summed E-state index contributed by atoms with van der Waals surface area (Å²) < 4.78 is 0. The highest BCUT2D eigenvalue weighted by Crippen LogP contribution is 2.29. The van der Waals surface area contributed by atoms with Crippen LogP contribution in [-0.2, 0) is 6.54 Å². The first kappa shape index (κ1) is 13.7. The van der Waals surface area contributed by atoms with Crippen molar-refractivity contribution in [1.82, 2.24) is 15.5 Å². The fraction of sp³-hybridized carbons (Fsp3) is 0.333. The molecule has 1 aromatic heterocycles. The van der Waals surface area contributed by atoms with Crippen molar-refractivity contribution in [1.29, 1.82) is 0 Å². The Labute approximate surface area is 120 Å². The number of nitrogens with zero attached hydrogens (tertiary/aromatic N) is 2. The third-order valence-electron chi connectivity index (χ3n) is 2.28. The van der Waals surface area contributed by atoms with Crippen LogP contribution in [-0.4, -0.2) is 16.7 Å². The first-order valence-corrected chi connectivity index (χ1v) is 7.26. The van der Waals surface area contributed by atoms with E-state index < -0.39 is 0 Å². The van der Waals surface area contributed by atoms with Crippen molar-refractivity contribution in [2.75, 3.05) is 6.54 Å². The minimum atomic E-state index is 0.610. The van der Waals surface area contributed by atoms with Gasteiger partial charge in [0.2, 0.25) is 0 Å². The van der Waals surface area contributed by atoms with Crippen LogP contribution in [0.1, 0.15) is 18.4 Å². The topological polar surface area (TPSA) is 37.8 Å². The molecular weight excluding hydrogens is 289 g/mol. The largest absolute Gasteiger partial charge is 0.310 e. The van der Waals surface area contributed by atoms with Crippen LogP contribution >= 0.6 is 34.5 Å². The van der Waals surface area contributed by atoms with Crippen LogP contribution < -0.4 is 5.32 Å². The van der Waals surface area contributed by atoms with E-state index in [-0.39, 0.29) is 0 Å². The summed E-state index contributed by atoms with van der Waals surface area (Å²) in [6.07, 6.45) is 1.11. The summed E-state index contributed by atoms with van der Waals surface area (Å²) in [5.74, 6) is 0. The molecule has 0 radical (unpaired) electrons. The maximum atomic E-state index is 5.97. The lowest BCUT2D eigenvalue weighted by molar-refractivity contribution is 0.668. The molecule has 0 aliphatic heterocycles. The molecule has 2 rings (SSSR count). The van der Waals surface area contributed by atoms with Gasteiger partial charge in [-0.3, -0.25) is 0 Å². The minimum Gasteiger partial charge on any atom is -0.310 e. The molecule has 1 aromatic carbocycles. The Hall–Kier alpha value is -0.680. The van der Waals surface area contributed by atoms with Gasteiger partial charge in [-0.05, 0) is 31.2 Å². The van der Waals surface area contributed by atoms with Gasteiger partial charge in [0.15, 0.2) is 0 Å². The van der Waals surface area contributed by atoms with Crippen molar-refractivity contribution >= 4 is 34.5 Å². The van der Waals surface area contributed by atoms with Gasteiger partial charge >= 0.3 is 0 Å². The molecule has 0 saturated heterocycles. The zero-order valence-electron chi connectivity index (χ0n) is 9.91. The number of aromatic nitrogens is 2. The zero-order chi connectivity index (χ0) is 13.0. The Morgan fingerprint density at radius 2 is 1.89 bits per heavy atom. The number of halogens is 2. The number of hydrogen-bond donors (Lipinski definition) is 1. The van der Waals surface area contributed by atoms with Gasteiger partial charge in [-0.1, -0.05) is 41.5 Å². The van der Waals surface area contributed by atoms with Crippen LogP contribution in [0.5, 0.6) is 0 Å². The fourth-order valence-electron chi connectivity index (χ4n) is 1.49. The third kappa shape index (κ3) is 3.65. The first-order chi connectivity index (χ1) is 8.69. The Morgan fingerprint density at radius 3 is 2.56 bits per heavy atom. The lowest BCUT2D eigenvalue weighted by atomic mass is 10.2. The second-order valence-electron chi connectivity index (χ2n) is 3.84. The number of rotatable bonds is 5. The summed E-state index contributed by atoms with van der Waals surface area (Å²) in [5, 5.41) is 14.6. The monoisotopic (exact) mass is 301 g/mol. The molecule has 1 N–H and O–H groups in total. The van der Waals surface area contributed by atoms with Crippen LogP contribution in [0.2, 0.25) is 10.0 Å². The summed E-state index contributed by atoms with van der Waals surface area (Å²) in [6.45, 7) is 3.87. The van der Waals surface area contributed by atoms with E-state index in [9.17, 15) is 0 Å². The molecule has 0 atom stereocenters. The second kappa shape index (κ2) is 6.48. The average Bonchev–Trinajstić information content (AvgIpc) is 2.77. The van der Waals surface area contributed by atoms with Crippen molar-refractivity contribution in [2.24, 2.45) is 0 Å². The van der Waals surface area contributed by atoms with E-state index in [1.54, 1.807) is 17.4 Å². The maximum Gasteiger partial charge on any atom is 0.147 e. The van der Waals surface area contributed by atoms with Crippen molar-refractivity contribution in [3.8, 4) is 10.6 Å². The molecule has 1 heterocycles. The van der Waals surface area contributed by atoms with Gasteiger partial charge in [0, 0.05) is 22.2 Å². The summed E-state index contributed by atoms with van der Waals surface area (Å²) >= 11 is 13.5. The highest BCUT2D eigenvalue weighted by molar-refractivity contribution is 7.14. The molecule has 0 unspecified atom stereocenters. The molecule has 2 aromatic rings. The molecule has 0 saturated carbocycles. The van der Waals surface area contributed by atoms with Gasteiger partial charge < -0.3 is 5.32 Å². The molecule has 3 nitrogen and oxygen atoms in total.